The minimum atomic E-state index is -0.183. The van der Waals surface area contributed by atoms with E-state index in [1.807, 2.05) is 0 Å². The third kappa shape index (κ3) is 5.04. The van der Waals surface area contributed by atoms with Crippen molar-refractivity contribution in [2.24, 2.45) is 7.05 Å². The Labute approximate surface area is 153 Å². The van der Waals surface area contributed by atoms with E-state index in [2.05, 4.69) is 10.3 Å². The predicted molar refractivity (Wildman–Crippen MR) is 97.1 cm³/mol. The number of hydrogen-bond acceptors (Lipinski definition) is 6. The zero-order chi connectivity index (χ0) is 18.4. The Kier molecular flexibility index (Phi) is 6.62. The number of aryl methyl sites for hydroxylation is 1. The lowest BCUT2D eigenvalue weighted by molar-refractivity contribution is -0.145. The highest BCUT2D eigenvalue weighted by molar-refractivity contribution is 5.77. The van der Waals surface area contributed by atoms with E-state index in [1.165, 1.54) is 23.8 Å². The quantitative estimate of drug-likeness (QED) is 0.802. The number of nitrogens with one attached hydrogen (secondary N) is 1. The largest absolute Gasteiger partial charge is 0.373 e. The number of carbonyl (C=O) groups excluding carboxylic acids is 1. The molecule has 2 aliphatic rings. The number of ether oxygens (including phenoxy) is 2. The highest BCUT2D eigenvalue weighted by atomic mass is 16.5. The molecule has 1 saturated heterocycles. The second kappa shape index (κ2) is 9.14. The maximum absolute atomic E-state index is 12.4. The van der Waals surface area contributed by atoms with Crippen LogP contribution in [-0.4, -0.2) is 65.4 Å². The van der Waals surface area contributed by atoms with Crippen LogP contribution in [0, 0.1) is 0 Å². The van der Waals surface area contributed by atoms with Gasteiger partial charge in [0.15, 0.2) is 5.82 Å². The first-order valence-corrected chi connectivity index (χ1v) is 9.40. The lowest BCUT2D eigenvalue weighted by Gasteiger charge is -2.33. The summed E-state index contributed by atoms with van der Waals surface area (Å²) in [5, 5.41) is 3.03. The van der Waals surface area contributed by atoms with Crippen LogP contribution >= 0.6 is 0 Å². The molecule has 2 heterocycles. The normalized spacial score (nSPS) is 21.6. The zero-order valence-corrected chi connectivity index (χ0v) is 15.4. The lowest BCUT2D eigenvalue weighted by atomic mass is 9.98. The van der Waals surface area contributed by atoms with Gasteiger partial charge in [0, 0.05) is 39.1 Å². The maximum Gasteiger partial charge on any atom is 0.293 e. The van der Waals surface area contributed by atoms with Crippen molar-refractivity contribution in [1.29, 1.82) is 0 Å². The van der Waals surface area contributed by atoms with Gasteiger partial charge in [0.1, 0.15) is 6.61 Å². The molecule has 0 bridgehead atoms. The predicted octanol–water partition coefficient (Wildman–Crippen LogP) is 0.769. The average molecular weight is 364 g/mol. The number of morpholine rings is 1. The van der Waals surface area contributed by atoms with Crippen molar-refractivity contribution in [2.75, 3.05) is 38.2 Å². The molecule has 8 heteroatoms. The van der Waals surface area contributed by atoms with Crippen molar-refractivity contribution in [2.45, 2.75) is 44.3 Å². The molecule has 0 radical (unpaired) electrons. The fourth-order valence-electron chi connectivity index (χ4n) is 3.41. The maximum atomic E-state index is 12.4. The minimum absolute atomic E-state index is 0.0117. The van der Waals surface area contributed by atoms with Crippen LogP contribution in [0.5, 0.6) is 0 Å². The zero-order valence-electron chi connectivity index (χ0n) is 15.4. The van der Waals surface area contributed by atoms with Crippen molar-refractivity contribution in [3.63, 3.8) is 0 Å². The van der Waals surface area contributed by atoms with Crippen molar-refractivity contribution >= 4 is 11.7 Å². The number of amides is 1. The molecule has 26 heavy (non-hydrogen) atoms. The molecule has 0 spiro atoms. The second-order valence-corrected chi connectivity index (χ2v) is 6.98. The van der Waals surface area contributed by atoms with E-state index in [4.69, 9.17) is 9.47 Å². The Morgan fingerprint density at radius 3 is 3.00 bits per heavy atom. The van der Waals surface area contributed by atoms with Crippen molar-refractivity contribution in [3.05, 3.63) is 22.7 Å². The molecule has 1 aliphatic carbocycles. The van der Waals surface area contributed by atoms with Gasteiger partial charge in [-0.3, -0.25) is 9.59 Å². The minimum Gasteiger partial charge on any atom is -0.373 e. The molecule has 1 atom stereocenters. The summed E-state index contributed by atoms with van der Waals surface area (Å²) in [7, 11) is 1.68. The summed E-state index contributed by atoms with van der Waals surface area (Å²) in [6.07, 6.45) is 9.01. The molecule has 1 aromatic rings. The Hall–Kier alpha value is -1.93. The molecule has 144 valence electrons. The van der Waals surface area contributed by atoms with Crippen LogP contribution in [0.25, 0.3) is 0 Å². The van der Waals surface area contributed by atoms with E-state index in [-0.39, 0.29) is 30.3 Å². The third-order valence-electron chi connectivity index (χ3n) is 5.00. The molecular formula is C18H28N4O4. The van der Waals surface area contributed by atoms with Crippen LogP contribution in [0.1, 0.15) is 32.1 Å². The summed E-state index contributed by atoms with van der Waals surface area (Å²) in [6, 6.07) is 0. The standard InChI is InChI=1S/C18H28N4O4/c1-21-8-7-19-17(18(21)24)20-11-15-12-22(9-10-25-15)16(23)13-26-14-5-3-2-4-6-14/h7-8,14-15H,2-6,9-13H2,1H3,(H,19,20)/t15-/m0/s1. The first-order chi connectivity index (χ1) is 12.6. The number of anilines is 1. The number of rotatable bonds is 6. The Bertz CT molecular complexity index is 657. The molecule has 3 rings (SSSR count). The van der Waals surface area contributed by atoms with Crippen LogP contribution in [-0.2, 0) is 21.3 Å². The SMILES string of the molecule is Cn1ccnc(NC[C@H]2CN(C(=O)COC3CCCCC3)CCO2)c1=O. The van der Waals surface area contributed by atoms with Gasteiger partial charge >= 0.3 is 0 Å². The molecule has 1 aliphatic heterocycles. The molecule has 1 aromatic heterocycles. The van der Waals surface area contributed by atoms with Gasteiger partial charge in [0.05, 0.1) is 18.8 Å². The van der Waals surface area contributed by atoms with Gasteiger partial charge < -0.3 is 24.3 Å². The summed E-state index contributed by atoms with van der Waals surface area (Å²) in [5.74, 6) is 0.306. The molecular weight excluding hydrogens is 336 g/mol. The molecule has 0 unspecified atom stereocenters. The molecule has 8 nitrogen and oxygen atoms in total. The van der Waals surface area contributed by atoms with Crippen LogP contribution in [0.3, 0.4) is 0 Å². The van der Waals surface area contributed by atoms with E-state index in [0.717, 1.165) is 12.8 Å². The molecule has 1 amide bonds. The Morgan fingerprint density at radius 1 is 1.38 bits per heavy atom. The van der Waals surface area contributed by atoms with Crippen LogP contribution in [0.4, 0.5) is 5.82 Å². The number of nitrogens with zero attached hydrogens (tertiary/aromatic N) is 3. The molecule has 0 aromatic carbocycles. The van der Waals surface area contributed by atoms with Gasteiger partial charge in [-0.15, -0.1) is 0 Å². The van der Waals surface area contributed by atoms with Crippen molar-refractivity contribution in [1.82, 2.24) is 14.5 Å². The highest BCUT2D eigenvalue weighted by Crippen LogP contribution is 2.20. The molecule has 2 fully saturated rings. The van der Waals surface area contributed by atoms with Crippen LogP contribution in [0.15, 0.2) is 17.2 Å². The van der Waals surface area contributed by atoms with E-state index >= 15 is 0 Å². The summed E-state index contributed by atoms with van der Waals surface area (Å²) in [5.41, 5.74) is -0.183. The summed E-state index contributed by atoms with van der Waals surface area (Å²) < 4.78 is 13.0. The first-order valence-electron chi connectivity index (χ1n) is 9.40. The van der Waals surface area contributed by atoms with Crippen molar-refractivity contribution in [3.8, 4) is 0 Å². The second-order valence-electron chi connectivity index (χ2n) is 6.98. The lowest BCUT2D eigenvalue weighted by Crippen LogP contribution is -2.49. The highest BCUT2D eigenvalue weighted by Gasteiger charge is 2.25. The van der Waals surface area contributed by atoms with Gasteiger partial charge in [-0.2, -0.15) is 0 Å². The smallest absolute Gasteiger partial charge is 0.293 e. The van der Waals surface area contributed by atoms with E-state index in [0.29, 0.717) is 32.1 Å². The van der Waals surface area contributed by atoms with Gasteiger partial charge in [0.2, 0.25) is 5.91 Å². The van der Waals surface area contributed by atoms with Gasteiger partial charge in [-0.25, -0.2) is 4.98 Å². The monoisotopic (exact) mass is 364 g/mol. The van der Waals surface area contributed by atoms with E-state index < -0.39 is 0 Å². The van der Waals surface area contributed by atoms with Gasteiger partial charge in [0.25, 0.3) is 5.56 Å². The fraction of sp³-hybridized carbons (Fsp3) is 0.722. The number of hydrogen-bond donors (Lipinski definition) is 1. The average Bonchev–Trinajstić information content (AvgIpc) is 2.68. The molecule has 1 N–H and O–H groups in total. The third-order valence-corrected chi connectivity index (χ3v) is 5.00. The first kappa shape index (κ1) is 18.8. The van der Waals surface area contributed by atoms with Crippen molar-refractivity contribution < 1.29 is 14.3 Å². The van der Waals surface area contributed by atoms with Crippen LogP contribution in [0.2, 0.25) is 0 Å². The topological polar surface area (TPSA) is 85.7 Å². The number of carbonyl (C=O) groups is 1. The van der Waals surface area contributed by atoms with Crippen LogP contribution < -0.4 is 10.9 Å². The molecule has 1 saturated carbocycles. The number of aromatic nitrogens is 2. The fourth-order valence-corrected chi connectivity index (χ4v) is 3.41. The summed E-state index contributed by atoms with van der Waals surface area (Å²) in [4.78, 5) is 30.2. The summed E-state index contributed by atoms with van der Waals surface area (Å²) in [6.45, 7) is 2.13. The van der Waals surface area contributed by atoms with E-state index in [9.17, 15) is 9.59 Å². The summed E-state index contributed by atoms with van der Waals surface area (Å²) >= 11 is 0. The van der Waals surface area contributed by atoms with E-state index in [1.54, 1.807) is 24.3 Å². The Balaban J connectivity index is 1.45. The van der Waals surface area contributed by atoms with Gasteiger partial charge in [-0.05, 0) is 12.8 Å². The Morgan fingerprint density at radius 2 is 2.19 bits per heavy atom. The van der Waals surface area contributed by atoms with Gasteiger partial charge in [-0.1, -0.05) is 19.3 Å².